The number of halogens is 1. The summed E-state index contributed by atoms with van der Waals surface area (Å²) in [6.07, 6.45) is 0. The Bertz CT molecular complexity index is 540. The molecule has 0 aliphatic rings. The van der Waals surface area contributed by atoms with Gasteiger partial charge < -0.3 is 5.73 Å². The first-order chi connectivity index (χ1) is 7.22. The van der Waals surface area contributed by atoms with Crippen LogP contribution in [0.3, 0.4) is 0 Å². The van der Waals surface area contributed by atoms with E-state index < -0.39 is 0 Å². The van der Waals surface area contributed by atoms with Gasteiger partial charge in [-0.25, -0.2) is 0 Å². The average molecular weight is 279 g/mol. The van der Waals surface area contributed by atoms with Crippen LogP contribution in [0.5, 0.6) is 0 Å². The molecule has 1 aromatic heterocycles. The van der Waals surface area contributed by atoms with E-state index >= 15 is 0 Å². The minimum absolute atomic E-state index is 0.568. The van der Waals surface area contributed by atoms with Crippen molar-refractivity contribution in [2.45, 2.75) is 0 Å². The lowest BCUT2D eigenvalue weighted by Crippen LogP contribution is -1.85. The normalized spacial score (nSPS) is 9.87. The van der Waals surface area contributed by atoms with Crippen molar-refractivity contribution in [1.82, 2.24) is 0 Å². The van der Waals surface area contributed by atoms with Gasteiger partial charge in [0.05, 0.1) is 5.56 Å². The van der Waals surface area contributed by atoms with Gasteiger partial charge in [0.15, 0.2) is 0 Å². The van der Waals surface area contributed by atoms with Gasteiger partial charge in [0.25, 0.3) is 0 Å². The van der Waals surface area contributed by atoms with Gasteiger partial charge >= 0.3 is 0 Å². The third kappa shape index (κ3) is 1.89. The van der Waals surface area contributed by atoms with Crippen LogP contribution in [0.1, 0.15) is 5.56 Å². The fourth-order valence-corrected chi connectivity index (χ4v) is 2.53. The Morgan fingerprint density at radius 2 is 2.20 bits per heavy atom. The lowest BCUT2D eigenvalue weighted by molar-refractivity contribution is 1.50. The minimum Gasteiger partial charge on any atom is -0.389 e. The number of thiophene rings is 1. The number of benzene rings is 1. The molecule has 1 heterocycles. The zero-order chi connectivity index (χ0) is 10.8. The zero-order valence-electron chi connectivity index (χ0n) is 7.70. The van der Waals surface area contributed by atoms with Gasteiger partial charge in [-0.05, 0) is 17.7 Å². The smallest absolute Gasteiger partial charge is 0.104 e. The molecule has 2 nitrogen and oxygen atoms in total. The maximum Gasteiger partial charge on any atom is 0.104 e. The van der Waals surface area contributed by atoms with Crippen molar-refractivity contribution >= 4 is 32.3 Å². The van der Waals surface area contributed by atoms with Crippen LogP contribution < -0.4 is 5.73 Å². The Hall–Kier alpha value is -1.31. The van der Waals surface area contributed by atoms with Crippen LogP contribution in [0.2, 0.25) is 0 Å². The van der Waals surface area contributed by atoms with Crippen LogP contribution in [0, 0.1) is 11.3 Å². The Balaban J connectivity index is 2.60. The topological polar surface area (TPSA) is 49.8 Å². The van der Waals surface area contributed by atoms with Crippen molar-refractivity contribution in [3.05, 3.63) is 39.7 Å². The van der Waals surface area contributed by atoms with E-state index in [1.807, 2.05) is 29.6 Å². The molecule has 0 aliphatic heterocycles. The van der Waals surface area contributed by atoms with Gasteiger partial charge in [0.2, 0.25) is 0 Å². The number of nitrogens with zero attached hydrogens (tertiary/aromatic N) is 1. The van der Waals surface area contributed by atoms with Crippen LogP contribution in [-0.4, -0.2) is 0 Å². The zero-order valence-corrected chi connectivity index (χ0v) is 10.1. The van der Waals surface area contributed by atoms with Crippen LogP contribution in [0.25, 0.3) is 11.1 Å². The highest BCUT2D eigenvalue weighted by molar-refractivity contribution is 9.10. The molecule has 1 aromatic carbocycles. The molecule has 0 bridgehead atoms. The van der Waals surface area contributed by atoms with E-state index in [0.29, 0.717) is 10.6 Å². The fourth-order valence-electron chi connectivity index (χ4n) is 1.36. The molecule has 0 radical (unpaired) electrons. The Morgan fingerprint density at radius 1 is 1.40 bits per heavy atom. The van der Waals surface area contributed by atoms with Gasteiger partial charge in [-0.3, -0.25) is 0 Å². The Labute approximate surface area is 100 Å². The van der Waals surface area contributed by atoms with Crippen LogP contribution in [0.4, 0.5) is 5.00 Å². The summed E-state index contributed by atoms with van der Waals surface area (Å²) in [6.45, 7) is 0. The predicted molar refractivity (Wildman–Crippen MR) is 66.6 cm³/mol. The van der Waals surface area contributed by atoms with Crippen molar-refractivity contribution in [2.24, 2.45) is 0 Å². The summed E-state index contributed by atoms with van der Waals surface area (Å²) in [7, 11) is 0. The molecule has 15 heavy (non-hydrogen) atoms. The highest BCUT2D eigenvalue weighted by Gasteiger charge is 2.10. The summed E-state index contributed by atoms with van der Waals surface area (Å²) in [5.41, 5.74) is 8.19. The van der Waals surface area contributed by atoms with Crippen LogP contribution in [0.15, 0.2) is 34.1 Å². The molecule has 2 N–H and O–H groups in total. The summed E-state index contributed by atoms with van der Waals surface area (Å²) in [4.78, 5) is 0. The van der Waals surface area contributed by atoms with E-state index in [1.54, 1.807) is 0 Å². The Kier molecular flexibility index (Phi) is 2.76. The number of hydrogen-bond acceptors (Lipinski definition) is 3. The lowest BCUT2D eigenvalue weighted by Gasteiger charge is -1.99. The summed E-state index contributed by atoms with van der Waals surface area (Å²) < 4.78 is 0.994. The fraction of sp³-hybridized carbons (Fsp3) is 0. The van der Waals surface area contributed by atoms with Gasteiger partial charge in [-0.2, -0.15) is 5.26 Å². The SMILES string of the molecule is N#Cc1c(-c2cccc(Br)c2)csc1N. The molecule has 0 spiro atoms. The van der Waals surface area contributed by atoms with Crippen molar-refractivity contribution in [1.29, 1.82) is 5.26 Å². The van der Waals surface area contributed by atoms with Gasteiger partial charge in [0, 0.05) is 15.4 Å². The van der Waals surface area contributed by atoms with E-state index in [0.717, 1.165) is 15.6 Å². The monoisotopic (exact) mass is 278 g/mol. The second kappa shape index (κ2) is 4.05. The molecule has 0 aliphatic carbocycles. The lowest BCUT2D eigenvalue weighted by atomic mass is 10.1. The molecule has 0 saturated carbocycles. The predicted octanol–water partition coefficient (Wildman–Crippen LogP) is 3.63. The van der Waals surface area contributed by atoms with Gasteiger partial charge in [-0.1, -0.05) is 28.1 Å². The molecule has 4 heteroatoms. The minimum atomic E-state index is 0.568. The van der Waals surface area contributed by atoms with Gasteiger partial charge in [-0.15, -0.1) is 11.3 Å². The van der Waals surface area contributed by atoms with Crippen molar-refractivity contribution in [2.75, 3.05) is 5.73 Å². The van der Waals surface area contributed by atoms with Gasteiger partial charge in [0.1, 0.15) is 11.1 Å². The van der Waals surface area contributed by atoms with Crippen molar-refractivity contribution < 1.29 is 0 Å². The van der Waals surface area contributed by atoms with Crippen LogP contribution in [-0.2, 0) is 0 Å². The molecule has 2 rings (SSSR count). The molecule has 0 unspecified atom stereocenters. The number of nitriles is 1. The quantitative estimate of drug-likeness (QED) is 0.866. The average Bonchev–Trinajstić information content (AvgIpc) is 2.59. The summed E-state index contributed by atoms with van der Waals surface area (Å²) in [5.74, 6) is 0. The second-order valence-electron chi connectivity index (χ2n) is 3.01. The summed E-state index contributed by atoms with van der Waals surface area (Å²) in [5, 5.41) is 11.5. The number of rotatable bonds is 1. The van der Waals surface area contributed by atoms with E-state index in [-0.39, 0.29) is 0 Å². The largest absolute Gasteiger partial charge is 0.389 e. The van der Waals surface area contributed by atoms with Crippen molar-refractivity contribution in [3.63, 3.8) is 0 Å². The first-order valence-corrected chi connectivity index (χ1v) is 5.92. The van der Waals surface area contributed by atoms with E-state index in [1.165, 1.54) is 11.3 Å². The summed E-state index contributed by atoms with van der Waals surface area (Å²) in [6, 6.07) is 9.96. The number of hydrogen-bond donors (Lipinski definition) is 1. The maximum absolute atomic E-state index is 8.98. The number of nitrogen functional groups attached to an aromatic ring is 1. The summed E-state index contributed by atoms with van der Waals surface area (Å²) >= 11 is 4.80. The standard InChI is InChI=1S/C11H7BrN2S/c12-8-3-1-2-7(4-8)10-6-15-11(14)9(10)5-13/h1-4,6H,14H2. The first-order valence-electron chi connectivity index (χ1n) is 4.25. The van der Waals surface area contributed by atoms with E-state index in [2.05, 4.69) is 22.0 Å². The molecule has 2 aromatic rings. The molecule has 0 atom stereocenters. The van der Waals surface area contributed by atoms with Crippen LogP contribution >= 0.6 is 27.3 Å². The molecular weight excluding hydrogens is 272 g/mol. The molecule has 74 valence electrons. The highest BCUT2D eigenvalue weighted by atomic mass is 79.9. The van der Waals surface area contributed by atoms with E-state index in [4.69, 9.17) is 11.0 Å². The second-order valence-corrected chi connectivity index (χ2v) is 4.84. The molecular formula is C11H7BrN2S. The highest BCUT2D eigenvalue weighted by Crippen LogP contribution is 2.33. The third-order valence-electron chi connectivity index (χ3n) is 2.07. The molecule has 0 amide bonds. The first kappa shape index (κ1) is 10.2. The Morgan fingerprint density at radius 3 is 2.87 bits per heavy atom. The molecule has 0 fully saturated rings. The number of nitrogens with two attached hydrogens (primary N) is 1. The van der Waals surface area contributed by atoms with E-state index in [9.17, 15) is 0 Å². The number of anilines is 1. The molecule has 0 saturated heterocycles. The third-order valence-corrected chi connectivity index (χ3v) is 3.37. The maximum atomic E-state index is 8.98. The van der Waals surface area contributed by atoms with Crippen molar-refractivity contribution in [3.8, 4) is 17.2 Å².